The van der Waals surface area contributed by atoms with Gasteiger partial charge < -0.3 is 10.1 Å². The first-order chi connectivity index (χ1) is 8.99. The fraction of sp³-hybridized carbons (Fsp3) is 0.533. The van der Waals surface area contributed by atoms with Gasteiger partial charge in [-0.2, -0.15) is 0 Å². The number of ether oxygens (including phenoxy) is 1. The molecule has 4 heteroatoms. The van der Waals surface area contributed by atoms with Crippen LogP contribution in [0.1, 0.15) is 33.6 Å². The standard InChI is InChI=1S/C15H22ClNO2/c1-11(2)12(3)17-15(18)5-4-10-19-14-8-6-13(16)7-9-14/h6-9,11-12H,4-5,10H2,1-3H3,(H,17,18)/t12-/m0/s1. The lowest BCUT2D eigenvalue weighted by Crippen LogP contribution is -2.36. The molecule has 1 N–H and O–H groups in total. The van der Waals surface area contributed by atoms with Crippen LogP contribution >= 0.6 is 11.6 Å². The minimum atomic E-state index is 0.0842. The summed E-state index contributed by atoms with van der Waals surface area (Å²) in [6.07, 6.45) is 1.20. The van der Waals surface area contributed by atoms with Gasteiger partial charge in [-0.3, -0.25) is 4.79 Å². The van der Waals surface area contributed by atoms with E-state index >= 15 is 0 Å². The quantitative estimate of drug-likeness (QED) is 0.776. The van der Waals surface area contributed by atoms with E-state index in [0.29, 0.717) is 30.4 Å². The van der Waals surface area contributed by atoms with Gasteiger partial charge in [0, 0.05) is 17.5 Å². The third-order valence-corrected chi connectivity index (χ3v) is 3.27. The first-order valence-corrected chi connectivity index (χ1v) is 7.04. The molecule has 0 heterocycles. The van der Waals surface area contributed by atoms with Crippen molar-refractivity contribution in [2.24, 2.45) is 5.92 Å². The Hall–Kier alpha value is -1.22. The summed E-state index contributed by atoms with van der Waals surface area (Å²) < 4.78 is 5.53. The Morgan fingerprint density at radius 1 is 1.26 bits per heavy atom. The van der Waals surface area contributed by atoms with E-state index in [-0.39, 0.29) is 11.9 Å². The highest BCUT2D eigenvalue weighted by Crippen LogP contribution is 2.15. The molecule has 0 saturated heterocycles. The van der Waals surface area contributed by atoms with Crippen molar-refractivity contribution < 1.29 is 9.53 Å². The van der Waals surface area contributed by atoms with E-state index in [9.17, 15) is 4.79 Å². The second-order valence-electron chi connectivity index (χ2n) is 5.01. The molecule has 3 nitrogen and oxygen atoms in total. The van der Waals surface area contributed by atoms with Crippen molar-refractivity contribution in [1.29, 1.82) is 0 Å². The second-order valence-corrected chi connectivity index (χ2v) is 5.44. The second kappa shape index (κ2) is 8.05. The van der Waals surface area contributed by atoms with Gasteiger partial charge >= 0.3 is 0 Å². The van der Waals surface area contributed by atoms with Crippen LogP contribution in [0.15, 0.2) is 24.3 Å². The third-order valence-electron chi connectivity index (χ3n) is 3.02. The summed E-state index contributed by atoms with van der Waals surface area (Å²) >= 11 is 5.78. The smallest absolute Gasteiger partial charge is 0.220 e. The van der Waals surface area contributed by atoms with Crippen LogP contribution in [0.2, 0.25) is 5.02 Å². The zero-order chi connectivity index (χ0) is 14.3. The minimum absolute atomic E-state index is 0.0842. The van der Waals surface area contributed by atoms with E-state index in [4.69, 9.17) is 16.3 Å². The summed E-state index contributed by atoms with van der Waals surface area (Å²) in [6.45, 7) is 6.74. The van der Waals surface area contributed by atoms with Gasteiger partial charge in [0.2, 0.25) is 5.91 Å². The molecule has 0 radical (unpaired) electrons. The fourth-order valence-electron chi connectivity index (χ4n) is 1.45. The molecular weight excluding hydrogens is 262 g/mol. The van der Waals surface area contributed by atoms with Gasteiger partial charge in [-0.1, -0.05) is 25.4 Å². The predicted octanol–water partition coefficient (Wildman–Crippen LogP) is 3.66. The van der Waals surface area contributed by atoms with Gasteiger partial charge in [-0.15, -0.1) is 0 Å². The number of hydrogen-bond acceptors (Lipinski definition) is 2. The molecular formula is C15H22ClNO2. The lowest BCUT2D eigenvalue weighted by molar-refractivity contribution is -0.122. The predicted molar refractivity (Wildman–Crippen MR) is 78.6 cm³/mol. The van der Waals surface area contributed by atoms with Crippen LogP contribution < -0.4 is 10.1 Å². The molecule has 1 aromatic rings. The summed E-state index contributed by atoms with van der Waals surface area (Å²) in [4.78, 5) is 11.6. The van der Waals surface area contributed by atoms with Gasteiger partial charge in [0.05, 0.1) is 6.61 Å². The van der Waals surface area contributed by atoms with Crippen molar-refractivity contribution in [1.82, 2.24) is 5.32 Å². The first kappa shape index (κ1) is 15.8. The van der Waals surface area contributed by atoms with E-state index in [2.05, 4.69) is 19.2 Å². The highest BCUT2D eigenvalue weighted by molar-refractivity contribution is 6.30. The van der Waals surface area contributed by atoms with E-state index in [1.807, 2.05) is 19.1 Å². The maximum Gasteiger partial charge on any atom is 0.220 e. The van der Waals surface area contributed by atoms with Crippen molar-refractivity contribution in [3.05, 3.63) is 29.3 Å². The van der Waals surface area contributed by atoms with Crippen LogP contribution in [0.4, 0.5) is 0 Å². The van der Waals surface area contributed by atoms with E-state index in [1.165, 1.54) is 0 Å². The third kappa shape index (κ3) is 6.48. The number of amides is 1. The largest absolute Gasteiger partial charge is 0.494 e. The highest BCUT2D eigenvalue weighted by atomic mass is 35.5. The number of nitrogens with one attached hydrogen (secondary N) is 1. The average Bonchev–Trinajstić information content (AvgIpc) is 2.36. The maximum atomic E-state index is 11.6. The molecule has 0 aromatic heterocycles. The lowest BCUT2D eigenvalue weighted by Gasteiger charge is -2.17. The molecule has 0 unspecified atom stereocenters. The number of rotatable bonds is 7. The van der Waals surface area contributed by atoms with E-state index in [1.54, 1.807) is 12.1 Å². The Morgan fingerprint density at radius 2 is 1.89 bits per heavy atom. The van der Waals surface area contributed by atoms with Crippen LogP contribution in [-0.4, -0.2) is 18.6 Å². The van der Waals surface area contributed by atoms with Gasteiger partial charge in [-0.25, -0.2) is 0 Å². The van der Waals surface area contributed by atoms with Crippen molar-refractivity contribution in [2.45, 2.75) is 39.7 Å². The molecule has 0 aliphatic heterocycles. The first-order valence-electron chi connectivity index (χ1n) is 6.66. The molecule has 0 aliphatic carbocycles. The number of carbonyl (C=O) groups is 1. The minimum Gasteiger partial charge on any atom is -0.494 e. The van der Waals surface area contributed by atoms with Crippen LogP contribution in [-0.2, 0) is 4.79 Å². The summed E-state index contributed by atoms with van der Waals surface area (Å²) in [5.41, 5.74) is 0. The normalized spacial score (nSPS) is 12.3. The van der Waals surface area contributed by atoms with Gasteiger partial charge in [-0.05, 0) is 43.5 Å². The Morgan fingerprint density at radius 3 is 2.47 bits per heavy atom. The van der Waals surface area contributed by atoms with Crippen molar-refractivity contribution in [2.75, 3.05) is 6.61 Å². The molecule has 0 saturated carbocycles. The highest BCUT2D eigenvalue weighted by Gasteiger charge is 2.10. The summed E-state index contributed by atoms with van der Waals surface area (Å²) in [5.74, 6) is 1.32. The summed E-state index contributed by atoms with van der Waals surface area (Å²) in [6, 6.07) is 7.43. The van der Waals surface area contributed by atoms with Crippen molar-refractivity contribution in [3.8, 4) is 5.75 Å². The van der Waals surface area contributed by atoms with Crippen LogP contribution in [0.25, 0.3) is 0 Å². The Kier molecular flexibility index (Phi) is 6.71. The molecule has 0 spiro atoms. The van der Waals surface area contributed by atoms with Crippen LogP contribution in [0.5, 0.6) is 5.75 Å². The zero-order valence-corrected chi connectivity index (χ0v) is 12.5. The Labute approximate surface area is 120 Å². The molecule has 1 atom stereocenters. The number of benzene rings is 1. The SMILES string of the molecule is CC(C)[C@H](C)NC(=O)CCCOc1ccc(Cl)cc1. The summed E-state index contributed by atoms with van der Waals surface area (Å²) in [5, 5.41) is 3.66. The molecule has 0 aliphatic rings. The Balaban J connectivity index is 2.17. The molecule has 19 heavy (non-hydrogen) atoms. The average molecular weight is 284 g/mol. The van der Waals surface area contributed by atoms with Crippen LogP contribution in [0, 0.1) is 5.92 Å². The number of hydrogen-bond donors (Lipinski definition) is 1. The monoisotopic (exact) mass is 283 g/mol. The van der Waals surface area contributed by atoms with Crippen LogP contribution in [0.3, 0.4) is 0 Å². The van der Waals surface area contributed by atoms with Crippen molar-refractivity contribution in [3.63, 3.8) is 0 Å². The van der Waals surface area contributed by atoms with Crippen molar-refractivity contribution >= 4 is 17.5 Å². The maximum absolute atomic E-state index is 11.6. The molecule has 1 aromatic carbocycles. The Bertz CT molecular complexity index is 390. The molecule has 0 bridgehead atoms. The topological polar surface area (TPSA) is 38.3 Å². The fourth-order valence-corrected chi connectivity index (χ4v) is 1.57. The summed E-state index contributed by atoms with van der Waals surface area (Å²) in [7, 11) is 0. The molecule has 1 rings (SSSR count). The van der Waals surface area contributed by atoms with Gasteiger partial charge in [0.25, 0.3) is 0 Å². The van der Waals surface area contributed by atoms with E-state index in [0.717, 1.165) is 5.75 Å². The lowest BCUT2D eigenvalue weighted by atomic mass is 10.1. The molecule has 106 valence electrons. The zero-order valence-electron chi connectivity index (χ0n) is 11.8. The van der Waals surface area contributed by atoms with Gasteiger partial charge in [0.1, 0.15) is 5.75 Å². The number of carbonyl (C=O) groups excluding carboxylic acids is 1. The van der Waals surface area contributed by atoms with Gasteiger partial charge in [0.15, 0.2) is 0 Å². The number of halogens is 1. The molecule has 0 fully saturated rings. The molecule has 1 amide bonds. The van der Waals surface area contributed by atoms with E-state index < -0.39 is 0 Å².